The van der Waals surface area contributed by atoms with Gasteiger partial charge in [0.15, 0.2) is 6.61 Å². The fourth-order valence-electron chi connectivity index (χ4n) is 2.74. The van der Waals surface area contributed by atoms with Crippen molar-refractivity contribution in [2.24, 2.45) is 4.99 Å². The molecule has 29 heavy (non-hydrogen) atoms. The van der Waals surface area contributed by atoms with Crippen molar-refractivity contribution in [2.75, 3.05) is 40.0 Å². The monoisotopic (exact) mass is 460 g/mol. The first-order valence-corrected chi connectivity index (χ1v) is 9.86. The second-order valence-corrected chi connectivity index (χ2v) is 7.13. The van der Waals surface area contributed by atoms with E-state index in [4.69, 9.17) is 14.2 Å². The summed E-state index contributed by atoms with van der Waals surface area (Å²) in [6, 6.07) is 12.3. The van der Waals surface area contributed by atoms with E-state index in [1.165, 1.54) is 7.11 Å². The summed E-state index contributed by atoms with van der Waals surface area (Å²) >= 11 is 3.47. The maximum absolute atomic E-state index is 12.2. The number of hydrogen-bond donors (Lipinski definition) is 0. The average molecular weight is 461 g/mol. The first-order valence-electron chi connectivity index (χ1n) is 9.07. The third-order valence-corrected chi connectivity index (χ3v) is 4.92. The molecule has 0 radical (unpaired) electrons. The minimum atomic E-state index is -0.405. The molecule has 8 heteroatoms. The largest absolute Gasteiger partial charge is 0.483 e. The molecule has 0 unspecified atom stereocenters. The molecule has 0 aliphatic carbocycles. The lowest BCUT2D eigenvalue weighted by molar-refractivity contribution is -0.137. The summed E-state index contributed by atoms with van der Waals surface area (Å²) in [5, 5.41) is 0. The SMILES string of the molecule is COC(=O)c1cccc(N=Cc2ccc(OCC(=O)N3CCOCC3)c(Br)c2)c1. The topological polar surface area (TPSA) is 77.4 Å². The highest BCUT2D eigenvalue weighted by atomic mass is 79.9. The van der Waals surface area contributed by atoms with Crippen molar-refractivity contribution in [3.8, 4) is 5.75 Å². The third-order valence-electron chi connectivity index (χ3n) is 4.30. The van der Waals surface area contributed by atoms with E-state index in [9.17, 15) is 9.59 Å². The van der Waals surface area contributed by atoms with Crippen molar-refractivity contribution >= 4 is 39.7 Å². The Bertz CT molecular complexity index is 910. The van der Waals surface area contributed by atoms with Gasteiger partial charge in [0.05, 0.1) is 36.0 Å². The highest BCUT2D eigenvalue weighted by Crippen LogP contribution is 2.26. The number of hydrogen-bond acceptors (Lipinski definition) is 6. The number of morpholine rings is 1. The van der Waals surface area contributed by atoms with Gasteiger partial charge in [0.25, 0.3) is 5.91 Å². The summed E-state index contributed by atoms with van der Waals surface area (Å²) in [4.78, 5) is 29.9. The van der Waals surface area contributed by atoms with E-state index in [0.29, 0.717) is 43.3 Å². The van der Waals surface area contributed by atoms with Gasteiger partial charge in [-0.05, 0) is 57.9 Å². The molecule has 2 aromatic rings. The van der Waals surface area contributed by atoms with Crippen LogP contribution >= 0.6 is 15.9 Å². The molecule has 0 N–H and O–H groups in total. The summed E-state index contributed by atoms with van der Waals surface area (Å²) in [6.07, 6.45) is 1.68. The number of benzene rings is 2. The van der Waals surface area contributed by atoms with Crippen molar-refractivity contribution in [3.05, 3.63) is 58.1 Å². The molecule has 1 amide bonds. The van der Waals surface area contributed by atoms with Gasteiger partial charge in [-0.2, -0.15) is 0 Å². The first kappa shape index (κ1) is 21.0. The maximum Gasteiger partial charge on any atom is 0.337 e. The van der Waals surface area contributed by atoms with Gasteiger partial charge in [-0.3, -0.25) is 9.79 Å². The number of carbonyl (C=O) groups excluding carboxylic acids is 2. The van der Waals surface area contributed by atoms with Gasteiger partial charge in [-0.15, -0.1) is 0 Å². The second kappa shape index (κ2) is 10.2. The Morgan fingerprint density at radius 3 is 2.72 bits per heavy atom. The molecule has 1 fully saturated rings. The van der Waals surface area contributed by atoms with E-state index in [1.54, 1.807) is 41.4 Å². The summed E-state index contributed by atoms with van der Waals surface area (Å²) in [5.74, 6) is 0.116. The van der Waals surface area contributed by atoms with Gasteiger partial charge in [0.1, 0.15) is 5.75 Å². The zero-order chi connectivity index (χ0) is 20.6. The Balaban J connectivity index is 1.61. The van der Waals surface area contributed by atoms with Crippen LogP contribution in [0.2, 0.25) is 0 Å². The van der Waals surface area contributed by atoms with Crippen LogP contribution in [0, 0.1) is 0 Å². The normalized spacial score (nSPS) is 14.1. The molecule has 3 rings (SSSR count). The number of nitrogens with zero attached hydrogens (tertiary/aromatic N) is 2. The Hall–Kier alpha value is -2.71. The fourth-order valence-corrected chi connectivity index (χ4v) is 3.25. The molecule has 1 heterocycles. The Labute approximate surface area is 177 Å². The van der Waals surface area contributed by atoms with E-state index in [0.717, 1.165) is 10.0 Å². The molecule has 1 aliphatic rings. The summed E-state index contributed by atoms with van der Waals surface area (Å²) in [7, 11) is 1.34. The van der Waals surface area contributed by atoms with Crippen LogP contribution in [0.25, 0.3) is 0 Å². The third kappa shape index (κ3) is 5.88. The maximum atomic E-state index is 12.2. The van der Waals surface area contributed by atoms with E-state index >= 15 is 0 Å². The van der Waals surface area contributed by atoms with Gasteiger partial charge in [0.2, 0.25) is 0 Å². The second-order valence-electron chi connectivity index (χ2n) is 6.27. The standard InChI is InChI=1S/C21H21BrN2O5/c1-27-21(26)16-3-2-4-17(12-16)23-13-15-5-6-19(18(22)11-15)29-14-20(25)24-7-9-28-10-8-24/h2-6,11-13H,7-10,14H2,1H3. The highest BCUT2D eigenvalue weighted by Gasteiger charge is 2.17. The number of ether oxygens (including phenoxy) is 3. The summed E-state index contributed by atoms with van der Waals surface area (Å²) in [6.45, 7) is 2.29. The van der Waals surface area contributed by atoms with E-state index in [1.807, 2.05) is 12.1 Å². The summed E-state index contributed by atoms with van der Waals surface area (Å²) in [5.41, 5.74) is 1.92. The van der Waals surface area contributed by atoms with E-state index < -0.39 is 5.97 Å². The van der Waals surface area contributed by atoms with Gasteiger partial charge < -0.3 is 19.1 Å². The van der Waals surface area contributed by atoms with Crippen LogP contribution in [0.1, 0.15) is 15.9 Å². The van der Waals surface area contributed by atoms with E-state index in [2.05, 4.69) is 20.9 Å². The van der Waals surface area contributed by atoms with Crippen LogP contribution < -0.4 is 4.74 Å². The fraction of sp³-hybridized carbons (Fsp3) is 0.286. The molecule has 0 aromatic heterocycles. The number of halogens is 1. The van der Waals surface area contributed by atoms with Crippen molar-refractivity contribution in [1.29, 1.82) is 0 Å². The van der Waals surface area contributed by atoms with Crippen molar-refractivity contribution < 1.29 is 23.8 Å². The molecule has 1 aliphatic heterocycles. The van der Waals surface area contributed by atoms with Gasteiger partial charge in [0, 0.05) is 19.3 Å². The van der Waals surface area contributed by atoms with Crippen LogP contribution in [0.4, 0.5) is 5.69 Å². The number of carbonyl (C=O) groups is 2. The van der Waals surface area contributed by atoms with Crippen LogP contribution in [-0.4, -0.2) is 63.0 Å². The lowest BCUT2D eigenvalue weighted by atomic mass is 10.2. The molecular formula is C21H21BrN2O5. The summed E-state index contributed by atoms with van der Waals surface area (Å²) < 4.78 is 16.3. The van der Waals surface area contributed by atoms with Crippen LogP contribution in [0.3, 0.4) is 0 Å². The predicted molar refractivity (Wildman–Crippen MR) is 112 cm³/mol. The highest BCUT2D eigenvalue weighted by molar-refractivity contribution is 9.10. The number of aliphatic imine (C=N–C) groups is 1. The van der Waals surface area contributed by atoms with Gasteiger partial charge in [-0.25, -0.2) is 4.79 Å². The Kier molecular flexibility index (Phi) is 7.37. The zero-order valence-electron chi connectivity index (χ0n) is 16.0. The molecule has 7 nitrogen and oxygen atoms in total. The average Bonchev–Trinajstić information content (AvgIpc) is 2.77. The van der Waals surface area contributed by atoms with Crippen molar-refractivity contribution in [1.82, 2.24) is 4.90 Å². The Morgan fingerprint density at radius 1 is 1.21 bits per heavy atom. The number of methoxy groups -OCH3 is 1. The molecule has 0 bridgehead atoms. The van der Waals surface area contributed by atoms with Gasteiger partial charge in [-0.1, -0.05) is 6.07 Å². The number of rotatable bonds is 6. The zero-order valence-corrected chi connectivity index (χ0v) is 17.6. The number of amides is 1. The molecule has 1 saturated heterocycles. The predicted octanol–water partition coefficient (Wildman–Crippen LogP) is 3.22. The molecule has 2 aromatic carbocycles. The quantitative estimate of drug-likeness (QED) is 0.488. The van der Waals surface area contributed by atoms with Crippen LogP contribution in [-0.2, 0) is 14.3 Å². The molecule has 152 valence electrons. The number of esters is 1. The molecule has 0 spiro atoms. The van der Waals surface area contributed by atoms with Crippen LogP contribution in [0.5, 0.6) is 5.75 Å². The Morgan fingerprint density at radius 2 is 2.00 bits per heavy atom. The molecule has 0 saturated carbocycles. The lowest BCUT2D eigenvalue weighted by Crippen LogP contribution is -2.43. The van der Waals surface area contributed by atoms with E-state index in [-0.39, 0.29) is 12.5 Å². The minimum absolute atomic E-state index is 0.0215. The minimum Gasteiger partial charge on any atom is -0.483 e. The van der Waals surface area contributed by atoms with Crippen LogP contribution in [0.15, 0.2) is 51.9 Å². The van der Waals surface area contributed by atoms with Gasteiger partial charge >= 0.3 is 5.97 Å². The molecule has 0 atom stereocenters. The smallest absolute Gasteiger partial charge is 0.337 e. The first-order chi connectivity index (χ1) is 14.1. The molecular weight excluding hydrogens is 440 g/mol. The van der Waals surface area contributed by atoms with Crippen molar-refractivity contribution in [3.63, 3.8) is 0 Å². The lowest BCUT2D eigenvalue weighted by Gasteiger charge is -2.26. The van der Waals surface area contributed by atoms with Crippen molar-refractivity contribution in [2.45, 2.75) is 0 Å².